The molecule has 0 saturated carbocycles. The van der Waals surface area contributed by atoms with E-state index in [4.69, 9.17) is 12.2 Å². The van der Waals surface area contributed by atoms with Gasteiger partial charge >= 0.3 is 0 Å². The van der Waals surface area contributed by atoms with Gasteiger partial charge < -0.3 is 10.2 Å². The number of likely N-dealkylation sites (tertiary alicyclic amines) is 1. The highest BCUT2D eigenvalue weighted by Gasteiger charge is 2.42. The Morgan fingerprint density at radius 3 is 2.52 bits per heavy atom. The molecule has 2 aliphatic rings. The van der Waals surface area contributed by atoms with E-state index in [0.717, 1.165) is 31.5 Å². The summed E-state index contributed by atoms with van der Waals surface area (Å²) in [6, 6.07) is 8.85. The molecule has 0 radical (unpaired) electrons. The molecule has 1 aromatic carbocycles. The molecule has 1 aromatic rings. The van der Waals surface area contributed by atoms with Gasteiger partial charge in [0.25, 0.3) is 5.91 Å². The number of amides is 2. The zero-order chi connectivity index (χ0) is 16.4. The Morgan fingerprint density at radius 1 is 1.30 bits per heavy atom. The molecule has 23 heavy (non-hydrogen) atoms. The summed E-state index contributed by atoms with van der Waals surface area (Å²) >= 11 is 5.30. The highest BCUT2D eigenvalue weighted by atomic mass is 32.1. The minimum Gasteiger partial charge on any atom is -0.351 e. The number of carbonyl (C=O) groups excluding carboxylic acids is 2. The van der Waals surface area contributed by atoms with E-state index in [1.807, 2.05) is 35.2 Å². The largest absolute Gasteiger partial charge is 0.351 e. The van der Waals surface area contributed by atoms with Crippen LogP contribution in [0.1, 0.15) is 25.3 Å². The third-order valence-corrected chi connectivity index (χ3v) is 4.77. The standard InChI is InChI=1S/C17H21N3O2S/c1-12-15(21)20(17(23)18-12)14(11-13-7-3-2-4-8-13)16(22)19-9-5-6-10-19/h2-4,7-8,12,14H,5-6,9-11H2,1H3,(H,18,23). The first kappa shape index (κ1) is 15.9. The van der Waals surface area contributed by atoms with E-state index in [0.29, 0.717) is 11.5 Å². The summed E-state index contributed by atoms with van der Waals surface area (Å²) < 4.78 is 0. The first-order valence-corrected chi connectivity index (χ1v) is 8.45. The van der Waals surface area contributed by atoms with Crippen molar-refractivity contribution >= 4 is 29.1 Å². The number of thiocarbonyl (C=S) groups is 1. The molecule has 2 aliphatic heterocycles. The smallest absolute Gasteiger partial charge is 0.251 e. The Bertz CT molecular complexity index is 614. The lowest BCUT2D eigenvalue weighted by Gasteiger charge is -2.29. The third-order valence-electron chi connectivity index (χ3n) is 4.45. The second kappa shape index (κ2) is 6.66. The molecule has 6 heteroatoms. The zero-order valence-corrected chi connectivity index (χ0v) is 14.0. The van der Waals surface area contributed by atoms with Crippen molar-refractivity contribution in [3.05, 3.63) is 35.9 Å². The molecule has 2 fully saturated rings. The fraction of sp³-hybridized carbons (Fsp3) is 0.471. The minimum absolute atomic E-state index is 0.00190. The van der Waals surface area contributed by atoms with E-state index in [-0.39, 0.29) is 17.9 Å². The number of nitrogens with one attached hydrogen (secondary N) is 1. The van der Waals surface area contributed by atoms with Crippen molar-refractivity contribution in [3.8, 4) is 0 Å². The van der Waals surface area contributed by atoms with Crippen LogP contribution < -0.4 is 5.32 Å². The lowest BCUT2D eigenvalue weighted by molar-refractivity contribution is -0.140. The third kappa shape index (κ3) is 3.22. The maximum atomic E-state index is 13.0. The summed E-state index contributed by atoms with van der Waals surface area (Å²) in [6.45, 7) is 3.30. The summed E-state index contributed by atoms with van der Waals surface area (Å²) in [5.74, 6) is -0.124. The normalized spacial score (nSPS) is 22.4. The second-order valence-electron chi connectivity index (χ2n) is 6.12. The summed E-state index contributed by atoms with van der Waals surface area (Å²) in [6.07, 6.45) is 2.53. The maximum Gasteiger partial charge on any atom is 0.251 e. The Balaban J connectivity index is 1.88. The van der Waals surface area contributed by atoms with Crippen molar-refractivity contribution in [1.82, 2.24) is 15.1 Å². The fourth-order valence-corrected chi connectivity index (χ4v) is 3.59. The Hall–Kier alpha value is -1.95. The van der Waals surface area contributed by atoms with Crippen molar-refractivity contribution in [3.63, 3.8) is 0 Å². The first-order valence-electron chi connectivity index (χ1n) is 8.04. The number of hydrogen-bond acceptors (Lipinski definition) is 3. The van der Waals surface area contributed by atoms with Crippen LogP contribution >= 0.6 is 12.2 Å². The van der Waals surface area contributed by atoms with E-state index >= 15 is 0 Å². The molecule has 0 bridgehead atoms. The van der Waals surface area contributed by atoms with Crippen LogP contribution in [0.4, 0.5) is 0 Å². The van der Waals surface area contributed by atoms with Crippen molar-refractivity contribution in [2.24, 2.45) is 0 Å². The predicted molar refractivity (Wildman–Crippen MR) is 91.8 cm³/mol. The van der Waals surface area contributed by atoms with E-state index < -0.39 is 6.04 Å². The van der Waals surface area contributed by atoms with Gasteiger partial charge in [-0.05, 0) is 37.5 Å². The van der Waals surface area contributed by atoms with Gasteiger partial charge in [-0.2, -0.15) is 0 Å². The van der Waals surface area contributed by atoms with Crippen LogP contribution in [0.15, 0.2) is 30.3 Å². The lowest BCUT2D eigenvalue weighted by atomic mass is 10.0. The van der Waals surface area contributed by atoms with Crippen molar-refractivity contribution in [1.29, 1.82) is 0 Å². The van der Waals surface area contributed by atoms with Gasteiger partial charge in [-0.3, -0.25) is 14.5 Å². The van der Waals surface area contributed by atoms with Crippen LogP contribution in [0.25, 0.3) is 0 Å². The molecular weight excluding hydrogens is 310 g/mol. The van der Waals surface area contributed by atoms with E-state index in [9.17, 15) is 9.59 Å². The average Bonchev–Trinajstić information content (AvgIpc) is 3.16. The van der Waals surface area contributed by atoms with Crippen LogP contribution in [0.5, 0.6) is 0 Å². The number of benzene rings is 1. The van der Waals surface area contributed by atoms with Crippen LogP contribution in [0.3, 0.4) is 0 Å². The molecule has 2 unspecified atom stereocenters. The topological polar surface area (TPSA) is 52.7 Å². The maximum absolute atomic E-state index is 13.0. The highest BCUT2D eigenvalue weighted by molar-refractivity contribution is 7.80. The molecule has 0 aliphatic carbocycles. The molecule has 5 nitrogen and oxygen atoms in total. The highest BCUT2D eigenvalue weighted by Crippen LogP contribution is 2.20. The van der Waals surface area contributed by atoms with Gasteiger partial charge in [0.1, 0.15) is 12.1 Å². The van der Waals surface area contributed by atoms with Gasteiger partial charge in [0, 0.05) is 19.5 Å². The summed E-state index contributed by atoms with van der Waals surface area (Å²) in [4.78, 5) is 28.8. The van der Waals surface area contributed by atoms with Gasteiger partial charge in [-0.25, -0.2) is 0 Å². The molecule has 2 amide bonds. The van der Waals surface area contributed by atoms with E-state index in [1.54, 1.807) is 6.92 Å². The van der Waals surface area contributed by atoms with Gasteiger partial charge in [0.2, 0.25) is 5.91 Å². The number of rotatable bonds is 4. The predicted octanol–water partition coefficient (Wildman–Crippen LogP) is 1.33. The summed E-state index contributed by atoms with van der Waals surface area (Å²) in [7, 11) is 0. The lowest BCUT2D eigenvalue weighted by Crippen LogP contribution is -2.51. The van der Waals surface area contributed by atoms with Gasteiger partial charge in [-0.15, -0.1) is 0 Å². The van der Waals surface area contributed by atoms with E-state index in [1.165, 1.54) is 4.90 Å². The summed E-state index contributed by atoms with van der Waals surface area (Å²) in [5, 5.41) is 3.32. The first-order chi connectivity index (χ1) is 11.1. The van der Waals surface area contributed by atoms with Crippen molar-refractivity contribution in [2.75, 3.05) is 13.1 Å². The van der Waals surface area contributed by atoms with Gasteiger partial charge in [0.15, 0.2) is 5.11 Å². The van der Waals surface area contributed by atoms with Crippen LogP contribution in [0.2, 0.25) is 0 Å². The molecule has 2 atom stereocenters. The molecule has 0 aromatic heterocycles. The minimum atomic E-state index is -0.562. The fourth-order valence-electron chi connectivity index (χ4n) is 3.19. The van der Waals surface area contributed by atoms with E-state index in [2.05, 4.69) is 5.32 Å². The van der Waals surface area contributed by atoms with Crippen molar-refractivity contribution < 1.29 is 9.59 Å². The molecule has 122 valence electrons. The quantitative estimate of drug-likeness (QED) is 0.846. The monoisotopic (exact) mass is 331 g/mol. The molecule has 0 spiro atoms. The molecular formula is C17H21N3O2S. The SMILES string of the molecule is CC1NC(=S)N(C(Cc2ccccc2)C(=O)N2CCCC2)C1=O. The number of hydrogen-bond donors (Lipinski definition) is 1. The van der Waals surface area contributed by atoms with Crippen LogP contribution in [0, 0.1) is 0 Å². The van der Waals surface area contributed by atoms with Crippen LogP contribution in [-0.4, -0.2) is 51.9 Å². The average molecular weight is 331 g/mol. The van der Waals surface area contributed by atoms with Crippen LogP contribution in [-0.2, 0) is 16.0 Å². The second-order valence-corrected chi connectivity index (χ2v) is 6.50. The molecule has 1 N–H and O–H groups in total. The summed E-state index contributed by atoms with van der Waals surface area (Å²) in [5.41, 5.74) is 1.03. The number of carbonyl (C=O) groups is 2. The molecule has 2 saturated heterocycles. The Labute approximate surface area is 141 Å². The zero-order valence-electron chi connectivity index (χ0n) is 13.2. The Morgan fingerprint density at radius 2 is 1.96 bits per heavy atom. The molecule has 2 heterocycles. The number of nitrogens with zero attached hydrogens (tertiary/aromatic N) is 2. The Kier molecular flexibility index (Phi) is 4.61. The van der Waals surface area contributed by atoms with Gasteiger partial charge in [0.05, 0.1) is 0 Å². The molecule has 3 rings (SSSR count). The van der Waals surface area contributed by atoms with Crippen molar-refractivity contribution in [2.45, 2.75) is 38.3 Å². The van der Waals surface area contributed by atoms with Gasteiger partial charge in [-0.1, -0.05) is 30.3 Å².